The molecule has 1 aromatic heterocycles. The molecule has 0 bridgehead atoms. The number of rotatable bonds is 4. The Morgan fingerprint density at radius 2 is 2.06 bits per heavy atom. The Bertz CT molecular complexity index is 391. The number of ether oxygens (including phenoxy) is 1. The lowest BCUT2D eigenvalue weighted by molar-refractivity contribution is 0.0834. The van der Waals surface area contributed by atoms with Crippen LogP contribution in [-0.4, -0.2) is 41.4 Å². The van der Waals surface area contributed by atoms with Crippen LogP contribution in [0.5, 0.6) is 0 Å². The predicted octanol–water partition coefficient (Wildman–Crippen LogP) is 1.03. The fourth-order valence-electron chi connectivity index (χ4n) is 1.89. The topological polar surface area (TPSA) is 64.1 Å². The average Bonchev–Trinajstić information content (AvgIpc) is 2.46. The Kier molecular flexibility index (Phi) is 4.95. The zero-order valence-corrected chi connectivity index (χ0v) is 11.0. The fraction of sp³-hybridized carbons (Fsp3) is 0.583. The van der Waals surface area contributed by atoms with E-state index in [1.54, 1.807) is 12.4 Å². The van der Waals surface area contributed by atoms with Crippen LogP contribution in [-0.2, 0) is 4.74 Å². The fourth-order valence-corrected chi connectivity index (χ4v) is 2.01. The van der Waals surface area contributed by atoms with Crippen molar-refractivity contribution in [3.63, 3.8) is 0 Å². The molecule has 1 saturated heterocycles. The minimum atomic E-state index is -0.150. The first-order valence-corrected chi connectivity index (χ1v) is 6.73. The van der Waals surface area contributed by atoms with Crippen molar-refractivity contribution in [2.75, 3.05) is 25.5 Å². The lowest BCUT2D eigenvalue weighted by Crippen LogP contribution is -2.26. The molecule has 1 aliphatic rings. The van der Waals surface area contributed by atoms with Gasteiger partial charge >= 0.3 is 0 Å². The molecule has 98 valence electrons. The Labute approximate surface area is 112 Å². The first kappa shape index (κ1) is 13.3. The Hall–Kier alpha value is -1.14. The molecule has 0 aromatic carbocycles. The first-order valence-electron chi connectivity index (χ1n) is 6.10. The largest absolute Gasteiger partial charge is 0.381 e. The van der Waals surface area contributed by atoms with Gasteiger partial charge in [-0.25, -0.2) is 9.97 Å². The molecular formula is C12H17N3O2S. The number of hydrogen-bond donors (Lipinski definition) is 2. The molecule has 1 amide bonds. The molecule has 0 saturated carbocycles. The smallest absolute Gasteiger partial charge is 0.254 e. The summed E-state index contributed by atoms with van der Waals surface area (Å²) in [6, 6.07) is 0. The Balaban J connectivity index is 1.98. The lowest BCUT2D eigenvalue weighted by atomic mass is 9.99. The molecule has 6 heteroatoms. The molecule has 0 spiro atoms. The molecule has 1 aromatic rings. The third-order valence-electron chi connectivity index (χ3n) is 2.92. The maximum Gasteiger partial charge on any atom is 0.254 e. The van der Waals surface area contributed by atoms with E-state index >= 15 is 0 Å². The minimum Gasteiger partial charge on any atom is -0.381 e. The van der Waals surface area contributed by atoms with E-state index in [2.05, 4.69) is 27.9 Å². The molecule has 5 nitrogen and oxygen atoms in total. The van der Waals surface area contributed by atoms with Crippen molar-refractivity contribution in [1.29, 1.82) is 0 Å². The highest BCUT2D eigenvalue weighted by atomic mass is 32.1. The van der Waals surface area contributed by atoms with Crippen molar-refractivity contribution in [1.82, 2.24) is 15.3 Å². The molecule has 0 unspecified atom stereocenters. The highest BCUT2D eigenvalue weighted by molar-refractivity contribution is 7.80. The van der Waals surface area contributed by atoms with Crippen molar-refractivity contribution >= 4 is 18.5 Å². The van der Waals surface area contributed by atoms with Crippen molar-refractivity contribution in [2.45, 2.75) is 18.8 Å². The molecule has 1 N–H and O–H groups in total. The third kappa shape index (κ3) is 3.43. The number of nitrogens with one attached hydrogen (secondary N) is 1. The van der Waals surface area contributed by atoms with Crippen LogP contribution in [0.2, 0.25) is 0 Å². The second kappa shape index (κ2) is 6.70. The van der Waals surface area contributed by atoms with E-state index in [4.69, 9.17) is 4.74 Å². The van der Waals surface area contributed by atoms with Crippen molar-refractivity contribution in [2.24, 2.45) is 0 Å². The summed E-state index contributed by atoms with van der Waals surface area (Å²) in [4.78, 5) is 20.2. The maximum atomic E-state index is 11.6. The molecule has 18 heavy (non-hydrogen) atoms. The van der Waals surface area contributed by atoms with Gasteiger partial charge in [0, 0.05) is 43.8 Å². The molecule has 0 aliphatic carbocycles. The van der Waals surface area contributed by atoms with Crippen LogP contribution in [0.15, 0.2) is 12.4 Å². The van der Waals surface area contributed by atoms with E-state index in [1.807, 2.05) is 0 Å². The average molecular weight is 267 g/mol. The van der Waals surface area contributed by atoms with Crippen molar-refractivity contribution < 1.29 is 9.53 Å². The molecule has 0 atom stereocenters. The third-order valence-corrected chi connectivity index (χ3v) is 3.14. The molecule has 1 fully saturated rings. The summed E-state index contributed by atoms with van der Waals surface area (Å²) >= 11 is 4.04. The van der Waals surface area contributed by atoms with Gasteiger partial charge in [-0.15, -0.1) is 0 Å². The number of carbonyl (C=O) groups is 1. The van der Waals surface area contributed by atoms with Crippen LogP contribution < -0.4 is 5.32 Å². The second-order valence-electron chi connectivity index (χ2n) is 4.20. The summed E-state index contributed by atoms with van der Waals surface area (Å²) in [5, 5.41) is 2.73. The van der Waals surface area contributed by atoms with E-state index in [0.717, 1.165) is 31.9 Å². The van der Waals surface area contributed by atoms with Crippen LogP contribution in [0.4, 0.5) is 0 Å². The van der Waals surface area contributed by atoms with E-state index in [0.29, 0.717) is 23.8 Å². The van der Waals surface area contributed by atoms with Gasteiger partial charge in [-0.3, -0.25) is 4.79 Å². The number of carbonyl (C=O) groups excluding carboxylic acids is 1. The number of nitrogens with zero attached hydrogens (tertiary/aromatic N) is 2. The Morgan fingerprint density at radius 3 is 2.67 bits per heavy atom. The summed E-state index contributed by atoms with van der Waals surface area (Å²) in [7, 11) is 0. The van der Waals surface area contributed by atoms with Gasteiger partial charge in [-0.05, 0) is 12.8 Å². The van der Waals surface area contributed by atoms with Crippen LogP contribution >= 0.6 is 12.6 Å². The minimum absolute atomic E-state index is 0.150. The standard InChI is InChI=1S/C12H17N3O2S/c16-12(13-3-6-18)10-7-14-11(15-8-10)9-1-4-17-5-2-9/h7-9,18H,1-6H2,(H,13,16). The highest BCUT2D eigenvalue weighted by Gasteiger charge is 2.18. The lowest BCUT2D eigenvalue weighted by Gasteiger charge is -2.20. The van der Waals surface area contributed by atoms with Crippen LogP contribution in [0, 0.1) is 0 Å². The number of hydrogen-bond acceptors (Lipinski definition) is 5. The molecule has 2 rings (SSSR count). The molecule has 0 radical (unpaired) electrons. The summed E-state index contributed by atoms with van der Waals surface area (Å²) in [6.45, 7) is 2.07. The summed E-state index contributed by atoms with van der Waals surface area (Å²) in [5.74, 6) is 1.63. The highest BCUT2D eigenvalue weighted by Crippen LogP contribution is 2.23. The van der Waals surface area contributed by atoms with E-state index in [1.165, 1.54) is 0 Å². The van der Waals surface area contributed by atoms with E-state index in [-0.39, 0.29) is 5.91 Å². The second-order valence-corrected chi connectivity index (χ2v) is 4.64. The van der Waals surface area contributed by atoms with Gasteiger partial charge in [0.2, 0.25) is 0 Å². The van der Waals surface area contributed by atoms with Gasteiger partial charge in [-0.1, -0.05) is 0 Å². The van der Waals surface area contributed by atoms with Crippen LogP contribution in [0.1, 0.15) is 34.9 Å². The van der Waals surface area contributed by atoms with Gasteiger partial charge < -0.3 is 10.1 Å². The normalized spacial score (nSPS) is 16.5. The zero-order chi connectivity index (χ0) is 12.8. The van der Waals surface area contributed by atoms with E-state index < -0.39 is 0 Å². The van der Waals surface area contributed by atoms with Gasteiger partial charge in [-0.2, -0.15) is 12.6 Å². The molecule has 2 heterocycles. The van der Waals surface area contributed by atoms with Crippen molar-refractivity contribution in [3.05, 3.63) is 23.8 Å². The monoisotopic (exact) mass is 267 g/mol. The SMILES string of the molecule is O=C(NCCS)c1cnc(C2CCOCC2)nc1. The Morgan fingerprint density at radius 1 is 1.39 bits per heavy atom. The van der Waals surface area contributed by atoms with Crippen LogP contribution in [0.3, 0.4) is 0 Å². The number of thiol groups is 1. The number of amides is 1. The maximum absolute atomic E-state index is 11.6. The first-order chi connectivity index (χ1) is 8.81. The quantitative estimate of drug-likeness (QED) is 0.800. The summed E-state index contributed by atoms with van der Waals surface area (Å²) < 4.78 is 5.30. The van der Waals surface area contributed by atoms with E-state index in [9.17, 15) is 4.79 Å². The van der Waals surface area contributed by atoms with Gasteiger partial charge in [0.15, 0.2) is 0 Å². The predicted molar refractivity (Wildman–Crippen MR) is 71.0 cm³/mol. The van der Waals surface area contributed by atoms with Crippen molar-refractivity contribution in [3.8, 4) is 0 Å². The van der Waals surface area contributed by atoms with Crippen LogP contribution in [0.25, 0.3) is 0 Å². The van der Waals surface area contributed by atoms with Gasteiger partial charge in [0.1, 0.15) is 5.82 Å². The summed E-state index contributed by atoms with van der Waals surface area (Å²) in [5.41, 5.74) is 0.493. The zero-order valence-electron chi connectivity index (χ0n) is 10.1. The van der Waals surface area contributed by atoms with Gasteiger partial charge in [0.25, 0.3) is 5.91 Å². The number of aromatic nitrogens is 2. The summed E-state index contributed by atoms with van der Waals surface area (Å²) in [6.07, 6.45) is 5.08. The molecular weight excluding hydrogens is 250 g/mol. The molecule has 1 aliphatic heterocycles. The van der Waals surface area contributed by atoms with Gasteiger partial charge in [0.05, 0.1) is 5.56 Å².